The summed E-state index contributed by atoms with van der Waals surface area (Å²) in [6.07, 6.45) is 0.155. The number of nitrogens with one attached hydrogen (secondary N) is 2. The molecular formula is C24H37N3O8. The first-order valence-corrected chi connectivity index (χ1v) is 11.7. The predicted octanol–water partition coefficient (Wildman–Crippen LogP) is 0.767. The minimum absolute atomic E-state index is 0.0288. The Morgan fingerprint density at radius 1 is 1.11 bits per heavy atom. The van der Waals surface area contributed by atoms with Crippen LogP contribution in [0.2, 0.25) is 0 Å². The van der Waals surface area contributed by atoms with Crippen LogP contribution in [-0.4, -0.2) is 80.3 Å². The second-order valence-corrected chi connectivity index (χ2v) is 9.58. The van der Waals surface area contributed by atoms with Gasteiger partial charge in [-0.25, -0.2) is 0 Å². The van der Waals surface area contributed by atoms with Crippen LogP contribution in [0.3, 0.4) is 0 Å². The molecule has 2 rings (SSSR count). The summed E-state index contributed by atoms with van der Waals surface area (Å²) >= 11 is 0. The Hall–Kier alpha value is -2.63. The van der Waals surface area contributed by atoms with E-state index in [0.717, 1.165) is 0 Å². The van der Waals surface area contributed by atoms with Crippen LogP contribution in [0.4, 0.5) is 0 Å². The Morgan fingerprint density at radius 2 is 1.77 bits per heavy atom. The average Bonchev–Trinajstić information content (AvgIpc) is 3.41. The molecule has 0 saturated carbocycles. The molecule has 1 aliphatic rings. The summed E-state index contributed by atoms with van der Waals surface area (Å²) in [4.78, 5) is 51.4. The van der Waals surface area contributed by atoms with Gasteiger partial charge in [0.05, 0.1) is 43.9 Å². The van der Waals surface area contributed by atoms with Gasteiger partial charge < -0.3 is 29.4 Å². The normalized spacial score (nSPS) is 19.6. The van der Waals surface area contributed by atoms with E-state index in [9.17, 15) is 19.2 Å². The van der Waals surface area contributed by atoms with Gasteiger partial charge >= 0.3 is 0 Å². The molecule has 1 saturated heterocycles. The van der Waals surface area contributed by atoms with E-state index in [1.54, 1.807) is 19.9 Å². The zero-order valence-corrected chi connectivity index (χ0v) is 21.3. The predicted molar refractivity (Wildman–Crippen MR) is 124 cm³/mol. The molecule has 2 heterocycles. The van der Waals surface area contributed by atoms with Gasteiger partial charge in [0.25, 0.3) is 0 Å². The minimum atomic E-state index is -0.962. The van der Waals surface area contributed by atoms with Crippen molar-refractivity contribution >= 4 is 23.4 Å². The third kappa shape index (κ3) is 8.83. The van der Waals surface area contributed by atoms with E-state index in [1.807, 2.05) is 13.8 Å². The van der Waals surface area contributed by atoms with Gasteiger partial charge in [-0.2, -0.15) is 0 Å². The lowest BCUT2D eigenvalue weighted by Crippen LogP contribution is -2.50. The van der Waals surface area contributed by atoms with E-state index in [-0.39, 0.29) is 37.8 Å². The Balaban J connectivity index is 2.04. The van der Waals surface area contributed by atoms with Crippen molar-refractivity contribution in [3.05, 3.63) is 17.5 Å². The number of amides is 2. The Labute approximate surface area is 205 Å². The molecule has 1 aliphatic heterocycles. The molecule has 0 unspecified atom stereocenters. The van der Waals surface area contributed by atoms with Crippen LogP contribution in [0.5, 0.6) is 0 Å². The fourth-order valence-electron chi connectivity index (χ4n) is 3.71. The average molecular weight is 496 g/mol. The lowest BCUT2D eigenvalue weighted by Gasteiger charge is -2.25. The summed E-state index contributed by atoms with van der Waals surface area (Å²) in [6, 6.07) is -0.0620. The highest BCUT2D eigenvalue weighted by Gasteiger charge is 2.50. The first-order valence-electron chi connectivity index (χ1n) is 11.7. The van der Waals surface area contributed by atoms with Crippen LogP contribution < -0.4 is 10.6 Å². The molecule has 0 radical (unpaired) electrons. The van der Waals surface area contributed by atoms with Gasteiger partial charge in [-0.15, -0.1) is 0 Å². The Morgan fingerprint density at radius 3 is 2.29 bits per heavy atom. The van der Waals surface area contributed by atoms with Crippen molar-refractivity contribution in [2.45, 2.75) is 64.6 Å². The number of rotatable bonds is 16. The topological polar surface area (TPSA) is 149 Å². The second-order valence-electron chi connectivity index (χ2n) is 9.58. The van der Waals surface area contributed by atoms with Gasteiger partial charge in [0, 0.05) is 26.7 Å². The summed E-state index contributed by atoms with van der Waals surface area (Å²) < 4.78 is 20.6. The standard InChI is InChI=1S/C24H37N3O8/c1-14(2)7-18(22(30)24(4)13-34-24)26-23(31)16(11-32-5)9-20(28)19(12-33-6)25-21(29)10-17-8-15(3)27-35-17/h8,14,16,18-19H,7,9-13H2,1-6H3,(H,25,29)(H,26,31)/t16-,18-,19-,24+/m0/s1. The Bertz CT molecular complexity index is 893. The van der Waals surface area contributed by atoms with Crippen molar-refractivity contribution in [2.24, 2.45) is 11.8 Å². The quantitative estimate of drug-likeness (QED) is 0.317. The van der Waals surface area contributed by atoms with Crippen molar-refractivity contribution in [3.63, 3.8) is 0 Å². The van der Waals surface area contributed by atoms with E-state index < -0.39 is 41.2 Å². The first kappa shape index (κ1) is 28.6. The molecule has 1 aromatic rings. The number of Topliss-reactive ketones (excluding diaryl/α,β-unsaturated/α-hetero) is 2. The molecule has 0 spiro atoms. The van der Waals surface area contributed by atoms with Crippen LogP contribution in [0.15, 0.2) is 10.6 Å². The molecule has 0 aromatic carbocycles. The van der Waals surface area contributed by atoms with Crippen molar-refractivity contribution in [1.82, 2.24) is 15.8 Å². The van der Waals surface area contributed by atoms with Gasteiger partial charge in [-0.05, 0) is 26.2 Å². The Kier molecular flexibility index (Phi) is 10.5. The number of ketones is 2. The van der Waals surface area contributed by atoms with Crippen molar-refractivity contribution in [1.29, 1.82) is 0 Å². The number of hydrogen-bond donors (Lipinski definition) is 2. The molecule has 1 fully saturated rings. The zero-order valence-electron chi connectivity index (χ0n) is 21.3. The largest absolute Gasteiger partial charge is 0.384 e. The summed E-state index contributed by atoms with van der Waals surface area (Å²) in [7, 11) is 2.84. The summed E-state index contributed by atoms with van der Waals surface area (Å²) in [5.41, 5.74) is -0.239. The third-order valence-electron chi connectivity index (χ3n) is 5.69. The van der Waals surface area contributed by atoms with E-state index in [1.165, 1.54) is 14.2 Å². The zero-order chi connectivity index (χ0) is 26.2. The summed E-state index contributed by atoms with van der Waals surface area (Å²) in [6.45, 7) is 7.57. The van der Waals surface area contributed by atoms with Crippen LogP contribution in [0.1, 0.15) is 45.1 Å². The van der Waals surface area contributed by atoms with Crippen molar-refractivity contribution in [3.8, 4) is 0 Å². The van der Waals surface area contributed by atoms with Gasteiger partial charge in [0.2, 0.25) is 11.8 Å². The summed E-state index contributed by atoms with van der Waals surface area (Å²) in [5, 5.41) is 9.16. The molecule has 0 aliphatic carbocycles. The maximum Gasteiger partial charge on any atom is 0.228 e. The van der Waals surface area contributed by atoms with Crippen molar-refractivity contribution in [2.75, 3.05) is 34.0 Å². The van der Waals surface area contributed by atoms with Crippen LogP contribution >= 0.6 is 0 Å². The second kappa shape index (κ2) is 12.9. The highest BCUT2D eigenvalue weighted by atomic mass is 16.6. The lowest BCUT2D eigenvalue weighted by atomic mass is 9.92. The molecular weight excluding hydrogens is 458 g/mol. The first-order chi connectivity index (χ1) is 16.5. The molecule has 4 atom stereocenters. The van der Waals surface area contributed by atoms with E-state index in [0.29, 0.717) is 24.5 Å². The van der Waals surface area contributed by atoms with Gasteiger partial charge in [-0.3, -0.25) is 19.2 Å². The molecule has 2 amide bonds. The monoisotopic (exact) mass is 495 g/mol. The van der Waals surface area contributed by atoms with Crippen LogP contribution in [0, 0.1) is 18.8 Å². The molecule has 2 N–H and O–H groups in total. The number of carbonyl (C=O) groups excluding carboxylic acids is 4. The van der Waals surface area contributed by atoms with E-state index >= 15 is 0 Å². The van der Waals surface area contributed by atoms with Gasteiger partial charge in [0.1, 0.15) is 17.4 Å². The molecule has 196 valence electrons. The third-order valence-corrected chi connectivity index (χ3v) is 5.69. The molecule has 11 nitrogen and oxygen atoms in total. The molecule has 35 heavy (non-hydrogen) atoms. The maximum absolute atomic E-state index is 13.1. The lowest BCUT2D eigenvalue weighted by molar-refractivity contribution is -0.136. The van der Waals surface area contributed by atoms with Crippen LogP contribution in [-0.2, 0) is 39.8 Å². The maximum atomic E-state index is 13.1. The fourth-order valence-corrected chi connectivity index (χ4v) is 3.71. The van der Waals surface area contributed by atoms with Crippen LogP contribution in [0.25, 0.3) is 0 Å². The number of epoxide rings is 1. The van der Waals surface area contributed by atoms with E-state index in [4.69, 9.17) is 18.7 Å². The SMILES string of the molecule is COC[C@H](CC(=O)[C@H](COC)NC(=O)Cc1cc(C)no1)C(=O)N[C@@H](CC(C)C)C(=O)[C@@]1(C)CO1. The number of methoxy groups -OCH3 is 2. The van der Waals surface area contributed by atoms with Crippen molar-refractivity contribution < 1.29 is 37.9 Å². The smallest absolute Gasteiger partial charge is 0.228 e. The fraction of sp³-hybridized carbons (Fsp3) is 0.708. The number of ether oxygens (including phenoxy) is 3. The molecule has 11 heteroatoms. The highest BCUT2D eigenvalue weighted by molar-refractivity contribution is 5.98. The van der Waals surface area contributed by atoms with E-state index in [2.05, 4.69) is 15.8 Å². The minimum Gasteiger partial charge on any atom is -0.384 e. The molecule has 0 bridgehead atoms. The number of aromatic nitrogens is 1. The number of aryl methyl sites for hydroxylation is 1. The number of carbonyl (C=O) groups is 4. The van der Waals surface area contributed by atoms with Gasteiger partial charge in [-0.1, -0.05) is 19.0 Å². The number of nitrogens with zero attached hydrogens (tertiary/aromatic N) is 1. The highest BCUT2D eigenvalue weighted by Crippen LogP contribution is 2.29. The summed E-state index contributed by atoms with van der Waals surface area (Å²) in [5.74, 6) is -1.81. The number of hydrogen-bond acceptors (Lipinski definition) is 9. The van der Waals surface area contributed by atoms with Gasteiger partial charge in [0.15, 0.2) is 11.6 Å². The molecule has 1 aromatic heterocycles.